The van der Waals surface area contributed by atoms with E-state index in [1.54, 1.807) is 6.07 Å². The predicted molar refractivity (Wildman–Crippen MR) is 81.0 cm³/mol. The molecule has 3 heteroatoms. The first-order valence-electron chi connectivity index (χ1n) is 7.23. The molecule has 0 fully saturated rings. The number of pyridine rings is 1. The van der Waals surface area contributed by atoms with Crippen molar-refractivity contribution < 1.29 is 0 Å². The third kappa shape index (κ3) is 2.41. The number of nitrogens with one attached hydrogen (secondary N) is 1. The van der Waals surface area contributed by atoms with Crippen LogP contribution in [0, 0.1) is 0 Å². The zero-order valence-corrected chi connectivity index (χ0v) is 11.8. The van der Waals surface area contributed by atoms with Gasteiger partial charge in [-0.3, -0.25) is 4.79 Å². The van der Waals surface area contributed by atoms with Gasteiger partial charge in [-0.05, 0) is 37.4 Å². The van der Waals surface area contributed by atoms with E-state index in [0.717, 1.165) is 19.3 Å². The largest absolute Gasteiger partial charge is 0.312 e. The maximum atomic E-state index is 12.2. The highest BCUT2D eigenvalue weighted by molar-refractivity contribution is 5.26. The van der Waals surface area contributed by atoms with Crippen LogP contribution in [0.5, 0.6) is 0 Å². The Bertz CT molecular complexity index is 646. The Labute approximate surface area is 119 Å². The van der Waals surface area contributed by atoms with E-state index in [1.165, 1.54) is 16.8 Å². The number of aromatic nitrogens is 1. The molecule has 1 N–H and O–H groups in total. The predicted octanol–water partition coefficient (Wildman–Crippen LogP) is 2.30. The Morgan fingerprint density at radius 1 is 1.15 bits per heavy atom. The molecule has 0 saturated carbocycles. The molecule has 20 heavy (non-hydrogen) atoms. The highest BCUT2D eigenvalue weighted by Crippen LogP contribution is 2.22. The molecule has 1 heterocycles. The molecular weight excluding hydrogens is 248 g/mol. The summed E-state index contributed by atoms with van der Waals surface area (Å²) in [5, 5.41) is 3.33. The zero-order valence-electron chi connectivity index (χ0n) is 11.8. The minimum Gasteiger partial charge on any atom is -0.312 e. The number of fused-ring (bicyclic) bond motifs is 1. The van der Waals surface area contributed by atoms with Crippen molar-refractivity contribution in [2.75, 3.05) is 7.05 Å². The van der Waals surface area contributed by atoms with E-state index in [0.29, 0.717) is 6.54 Å². The minimum atomic E-state index is 0.113. The third-order valence-electron chi connectivity index (χ3n) is 4.16. The van der Waals surface area contributed by atoms with E-state index in [9.17, 15) is 4.79 Å². The van der Waals surface area contributed by atoms with Crippen LogP contribution >= 0.6 is 0 Å². The molecule has 1 atom stereocenters. The van der Waals surface area contributed by atoms with Gasteiger partial charge in [0.15, 0.2) is 0 Å². The lowest BCUT2D eigenvalue weighted by Gasteiger charge is -2.20. The molecule has 0 radical (unpaired) electrons. The Kier molecular flexibility index (Phi) is 3.70. The normalized spacial score (nSPS) is 15.1. The van der Waals surface area contributed by atoms with Gasteiger partial charge in [0.05, 0.1) is 6.04 Å². The number of hydrogen-bond acceptors (Lipinski definition) is 2. The number of aryl methyl sites for hydroxylation is 1. The van der Waals surface area contributed by atoms with Gasteiger partial charge < -0.3 is 9.88 Å². The summed E-state index contributed by atoms with van der Waals surface area (Å²) in [6.45, 7) is 0.697. The van der Waals surface area contributed by atoms with Crippen molar-refractivity contribution in [3.63, 3.8) is 0 Å². The van der Waals surface area contributed by atoms with Gasteiger partial charge in [0.1, 0.15) is 0 Å². The molecule has 1 unspecified atom stereocenters. The summed E-state index contributed by atoms with van der Waals surface area (Å²) in [6.07, 6.45) is 3.29. The Balaban J connectivity index is 1.95. The van der Waals surface area contributed by atoms with Crippen LogP contribution < -0.4 is 10.9 Å². The Morgan fingerprint density at radius 2 is 1.95 bits per heavy atom. The van der Waals surface area contributed by atoms with Gasteiger partial charge in [0.25, 0.3) is 5.56 Å². The van der Waals surface area contributed by atoms with Crippen LogP contribution in [0.1, 0.15) is 29.3 Å². The summed E-state index contributed by atoms with van der Waals surface area (Å²) < 4.78 is 1.95. The molecule has 104 valence electrons. The van der Waals surface area contributed by atoms with Gasteiger partial charge in [-0.25, -0.2) is 0 Å². The second-order valence-corrected chi connectivity index (χ2v) is 5.36. The Morgan fingerprint density at radius 3 is 2.70 bits per heavy atom. The summed E-state index contributed by atoms with van der Waals surface area (Å²) in [7, 11) is 1.95. The summed E-state index contributed by atoms with van der Waals surface area (Å²) in [4.78, 5) is 12.2. The van der Waals surface area contributed by atoms with Crippen LogP contribution in [0.2, 0.25) is 0 Å². The maximum Gasteiger partial charge on any atom is 0.250 e. The molecule has 1 aliphatic carbocycles. The maximum absolute atomic E-state index is 12.2. The van der Waals surface area contributed by atoms with Crippen LogP contribution in [0.4, 0.5) is 0 Å². The molecule has 3 nitrogen and oxygen atoms in total. The highest BCUT2D eigenvalue weighted by atomic mass is 16.1. The first-order valence-corrected chi connectivity index (χ1v) is 7.23. The van der Waals surface area contributed by atoms with Crippen molar-refractivity contribution >= 4 is 0 Å². The topological polar surface area (TPSA) is 34.0 Å². The molecule has 1 aliphatic rings. The number of rotatable bonds is 4. The van der Waals surface area contributed by atoms with Gasteiger partial charge >= 0.3 is 0 Å². The number of hydrogen-bond donors (Lipinski definition) is 1. The van der Waals surface area contributed by atoms with Crippen LogP contribution in [0.3, 0.4) is 0 Å². The molecule has 0 spiro atoms. The van der Waals surface area contributed by atoms with Gasteiger partial charge in [-0.1, -0.05) is 36.4 Å². The van der Waals surface area contributed by atoms with Crippen molar-refractivity contribution in [3.05, 3.63) is 69.6 Å². The molecule has 0 amide bonds. The van der Waals surface area contributed by atoms with E-state index in [1.807, 2.05) is 35.9 Å². The monoisotopic (exact) mass is 268 g/mol. The van der Waals surface area contributed by atoms with Gasteiger partial charge in [0.2, 0.25) is 0 Å². The number of benzene rings is 1. The second kappa shape index (κ2) is 5.63. The zero-order chi connectivity index (χ0) is 13.9. The van der Waals surface area contributed by atoms with E-state index in [4.69, 9.17) is 0 Å². The van der Waals surface area contributed by atoms with Gasteiger partial charge in [-0.2, -0.15) is 0 Å². The Hall–Kier alpha value is -1.87. The summed E-state index contributed by atoms with van der Waals surface area (Å²) in [6, 6.07) is 14.2. The van der Waals surface area contributed by atoms with Crippen molar-refractivity contribution in [3.8, 4) is 0 Å². The van der Waals surface area contributed by atoms with Crippen molar-refractivity contribution in [2.45, 2.75) is 31.8 Å². The summed E-state index contributed by atoms with van der Waals surface area (Å²) >= 11 is 0. The van der Waals surface area contributed by atoms with Crippen molar-refractivity contribution in [1.29, 1.82) is 0 Å². The minimum absolute atomic E-state index is 0.113. The lowest BCUT2D eigenvalue weighted by molar-refractivity contribution is 0.480. The fraction of sp³-hybridized carbons (Fsp3) is 0.353. The fourth-order valence-electron chi connectivity index (χ4n) is 3.07. The van der Waals surface area contributed by atoms with E-state index >= 15 is 0 Å². The molecule has 0 aliphatic heterocycles. The lowest BCUT2D eigenvalue weighted by Crippen LogP contribution is -2.30. The molecule has 3 rings (SSSR count). The standard InChI is InChI=1S/C17H20N2O/c1-18-15(13-6-3-2-4-7-13)12-19-16-9-5-8-14(16)10-11-17(19)20/h2-4,6-7,10-11,15,18H,5,8-9,12H2,1H3. The average Bonchev–Trinajstić information content (AvgIpc) is 2.96. The quantitative estimate of drug-likeness (QED) is 0.923. The first-order chi connectivity index (χ1) is 9.79. The summed E-state index contributed by atoms with van der Waals surface area (Å²) in [5.41, 5.74) is 3.90. The highest BCUT2D eigenvalue weighted by Gasteiger charge is 2.18. The van der Waals surface area contributed by atoms with E-state index in [-0.39, 0.29) is 11.6 Å². The van der Waals surface area contributed by atoms with Crippen molar-refractivity contribution in [2.24, 2.45) is 0 Å². The summed E-state index contributed by atoms with van der Waals surface area (Å²) in [5.74, 6) is 0. The lowest BCUT2D eigenvalue weighted by atomic mass is 10.1. The molecular formula is C17H20N2O. The van der Waals surface area contributed by atoms with Gasteiger partial charge in [-0.15, -0.1) is 0 Å². The molecule has 0 saturated heterocycles. The molecule has 2 aromatic rings. The van der Waals surface area contributed by atoms with Crippen LogP contribution in [0.15, 0.2) is 47.3 Å². The second-order valence-electron chi connectivity index (χ2n) is 5.36. The third-order valence-corrected chi connectivity index (χ3v) is 4.16. The fourth-order valence-corrected chi connectivity index (χ4v) is 3.07. The van der Waals surface area contributed by atoms with Crippen molar-refractivity contribution in [1.82, 2.24) is 9.88 Å². The average molecular weight is 268 g/mol. The smallest absolute Gasteiger partial charge is 0.250 e. The molecule has 1 aromatic heterocycles. The number of likely N-dealkylation sites (N-methyl/N-ethyl adjacent to an activating group) is 1. The van der Waals surface area contributed by atoms with E-state index < -0.39 is 0 Å². The number of nitrogens with zero attached hydrogens (tertiary/aromatic N) is 1. The van der Waals surface area contributed by atoms with Crippen LogP contribution in [-0.2, 0) is 19.4 Å². The van der Waals surface area contributed by atoms with Crippen LogP contribution in [0.25, 0.3) is 0 Å². The van der Waals surface area contributed by atoms with Crippen LogP contribution in [-0.4, -0.2) is 11.6 Å². The molecule has 1 aromatic carbocycles. The first kappa shape index (κ1) is 13.1. The molecule has 0 bridgehead atoms. The van der Waals surface area contributed by atoms with Gasteiger partial charge in [0, 0.05) is 18.3 Å². The SMILES string of the molecule is CNC(Cn1c2c(ccc1=O)CCC2)c1ccccc1. The van der Waals surface area contributed by atoms with E-state index in [2.05, 4.69) is 17.4 Å².